The first-order valence-electron chi connectivity index (χ1n) is 2.11. The summed E-state index contributed by atoms with van der Waals surface area (Å²) in [4.78, 5) is 9.60. The van der Waals surface area contributed by atoms with Crippen LogP contribution >= 0.6 is 0 Å². The van der Waals surface area contributed by atoms with Crippen molar-refractivity contribution in [3.63, 3.8) is 0 Å². The minimum atomic E-state index is -1.89. The van der Waals surface area contributed by atoms with E-state index in [1.807, 2.05) is 0 Å². The highest BCUT2D eigenvalue weighted by molar-refractivity contribution is 5.64. The summed E-state index contributed by atoms with van der Waals surface area (Å²) in [5, 5.41) is 9.58. The second kappa shape index (κ2) is 3.82. The van der Waals surface area contributed by atoms with Gasteiger partial charge < -0.3 is 10.4 Å². The average Bonchev–Trinajstić information content (AvgIpc) is 1.63. The summed E-state index contributed by atoms with van der Waals surface area (Å²) in [6, 6.07) is 0. The minimum Gasteiger partial charge on any atom is -0.465 e. The molecule has 0 saturated heterocycles. The predicted octanol–water partition coefficient (Wildman–Crippen LogP) is 1.03. The molecule has 0 aliphatic rings. The molecule has 0 radical (unpaired) electrons. The Balaban J connectivity index is 3.31. The lowest BCUT2D eigenvalue weighted by molar-refractivity contribution is 0.195. The lowest BCUT2D eigenvalue weighted by atomic mass is 10.6. The van der Waals surface area contributed by atoms with Crippen LogP contribution in [0.25, 0.3) is 0 Å². The molecule has 0 atom stereocenters. The summed E-state index contributed by atoms with van der Waals surface area (Å²) in [5.74, 6) is 0. The summed E-state index contributed by atoms with van der Waals surface area (Å²) in [7, 11) is 0. The zero-order chi connectivity index (χ0) is 7.28. The highest BCUT2D eigenvalue weighted by Gasteiger charge is 1.90. The molecule has 1 amide bonds. The van der Waals surface area contributed by atoms with E-state index in [1.54, 1.807) is 5.32 Å². The van der Waals surface area contributed by atoms with Gasteiger partial charge in [0.25, 0.3) is 6.08 Å². The Hall–Kier alpha value is -1.13. The summed E-state index contributed by atoms with van der Waals surface area (Å²) in [5.41, 5.74) is 0. The van der Waals surface area contributed by atoms with E-state index in [-0.39, 0.29) is 6.54 Å². The Bertz CT molecular complexity index is 131. The Labute approximate surface area is 50.0 Å². The van der Waals surface area contributed by atoms with Crippen LogP contribution in [0.15, 0.2) is 12.2 Å². The van der Waals surface area contributed by atoms with E-state index in [0.717, 1.165) is 0 Å². The number of rotatable bonds is 2. The molecule has 0 aliphatic heterocycles. The molecule has 0 saturated carbocycles. The third-order valence-corrected chi connectivity index (χ3v) is 0.510. The largest absolute Gasteiger partial charge is 0.465 e. The highest BCUT2D eigenvalue weighted by Crippen LogP contribution is 1.93. The first-order chi connectivity index (χ1) is 4.13. The molecule has 0 fully saturated rings. The SMILES string of the molecule is O=C(O)NCC=C(F)F. The molecule has 3 nitrogen and oxygen atoms in total. The van der Waals surface area contributed by atoms with Crippen LogP contribution in [0.3, 0.4) is 0 Å². The molecule has 9 heavy (non-hydrogen) atoms. The maximum absolute atomic E-state index is 11.1. The number of nitrogens with one attached hydrogen (secondary N) is 1. The second-order valence-electron chi connectivity index (χ2n) is 1.18. The minimum absolute atomic E-state index is 0.350. The standard InChI is InChI=1S/C4H5F2NO2/c5-3(6)1-2-7-4(8)9/h1,7H,2H2,(H,8,9). The van der Waals surface area contributed by atoms with E-state index in [4.69, 9.17) is 5.11 Å². The van der Waals surface area contributed by atoms with Gasteiger partial charge in [-0.15, -0.1) is 0 Å². The molecule has 0 aromatic heterocycles. The van der Waals surface area contributed by atoms with E-state index >= 15 is 0 Å². The van der Waals surface area contributed by atoms with Crippen molar-refractivity contribution in [2.24, 2.45) is 0 Å². The van der Waals surface area contributed by atoms with E-state index in [2.05, 4.69) is 0 Å². The van der Waals surface area contributed by atoms with Gasteiger partial charge in [-0.2, -0.15) is 8.78 Å². The first kappa shape index (κ1) is 7.87. The molecule has 2 N–H and O–H groups in total. The maximum Gasteiger partial charge on any atom is 0.404 e. The highest BCUT2D eigenvalue weighted by atomic mass is 19.3. The second-order valence-corrected chi connectivity index (χ2v) is 1.18. The average molecular weight is 137 g/mol. The fourth-order valence-corrected chi connectivity index (χ4v) is 0.215. The molecule has 52 valence electrons. The summed E-state index contributed by atoms with van der Waals surface area (Å²) in [6.07, 6.45) is -2.72. The van der Waals surface area contributed by atoms with Crippen LogP contribution in [0.5, 0.6) is 0 Å². The van der Waals surface area contributed by atoms with Crippen molar-refractivity contribution in [2.45, 2.75) is 0 Å². The summed E-state index contributed by atoms with van der Waals surface area (Å²) >= 11 is 0. The smallest absolute Gasteiger partial charge is 0.404 e. The molecule has 0 heterocycles. The third kappa shape index (κ3) is 6.87. The van der Waals surface area contributed by atoms with Gasteiger partial charge in [0, 0.05) is 12.6 Å². The van der Waals surface area contributed by atoms with Crippen molar-refractivity contribution >= 4 is 6.09 Å². The fraction of sp³-hybridized carbons (Fsp3) is 0.250. The normalized spacial score (nSPS) is 8.22. The number of carboxylic acid groups (broad SMARTS) is 1. The number of amides is 1. The zero-order valence-electron chi connectivity index (χ0n) is 4.40. The van der Waals surface area contributed by atoms with Crippen molar-refractivity contribution in [2.75, 3.05) is 6.54 Å². The molecule has 0 bridgehead atoms. The van der Waals surface area contributed by atoms with Crippen LogP contribution in [0, 0.1) is 0 Å². The van der Waals surface area contributed by atoms with Crippen molar-refractivity contribution in [3.8, 4) is 0 Å². The molecule has 0 aliphatic carbocycles. The summed E-state index contributed by atoms with van der Waals surface area (Å²) in [6.45, 7) is -0.350. The van der Waals surface area contributed by atoms with Crippen molar-refractivity contribution in [3.05, 3.63) is 12.2 Å². The van der Waals surface area contributed by atoms with Gasteiger partial charge in [0.1, 0.15) is 0 Å². The monoisotopic (exact) mass is 137 g/mol. The van der Waals surface area contributed by atoms with Gasteiger partial charge in [-0.05, 0) is 0 Å². The van der Waals surface area contributed by atoms with Crippen LogP contribution in [0.2, 0.25) is 0 Å². The molecule has 0 unspecified atom stereocenters. The van der Waals surface area contributed by atoms with Crippen molar-refractivity contribution in [1.82, 2.24) is 5.32 Å². The van der Waals surface area contributed by atoms with Crippen LogP contribution in [-0.2, 0) is 0 Å². The number of hydrogen-bond acceptors (Lipinski definition) is 1. The Morgan fingerprint density at radius 3 is 2.56 bits per heavy atom. The van der Waals surface area contributed by atoms with E-state index in [9.17, 15) is 13.6 Å². The lowest BCUT2D eigenvalue weighted by Crippen LogP contribution is -2.20. The predicted molar refractivity (Wildman–Crippen MR) is 26.3 cm³/mol. The first-order valence-corrected chi connectivity index (χ1v) is 2.11. The molecular weight excluding hydrogens is 132 g/mol. The molecular formula is C4H5F2NO2. The Morgan fingerprint density at radius 1 is 1.67 bits per heavy atom. The van der Waals surface area contributed by atoms with Crippen LogP contribution in [-0.4, -0.2) is 17.7 Å². The van der Waals surface area contributed by atoms with E-state index < -0.39 is 12.2 Å². The number of carbonyl (C=O) groups is 1. The number of halogens is 2. The van der Waals surface area contributed by atoms with E-state index in [0.29, 0.717) is 6.08 Å². The van der Waals surface area contributed by atoms with Gasteiger partial charge >= 0.3 is 6.09 Å². The van der Waals surface area contributed by atoms with Crippen LogP contribution in [0.4, 0.5) is 13.6 Å². The Kier molecular flexibility index (Phi) is 3.34. The van der Waals surface area contributed by atoms with Crippen molar-refractivity contribution < 1.29 is 18.7 Å². The van der Waals surface area contributed by atoms with Crippen LogP contribution in [0.1, 0.15) is 0 Å². The molecule has 5 heteroatoms. The molecule has 0 aromatic rings. The van der Waals surface area contributed by atoms with Crippen LogP contribution < -0.4 is 5.32 Å². The quantitative estimate of drug-likeness (QED) is 0.597. The molecule has 0 spiro atoms. The Morgan fingerprint density at radius 2 is 2.22 bits per heavy atom. The van der Waals surface area contributed by atoms with Gasteiger partial charge in [-0.3, -0.25) is 0 Å². The molecule has 0 aromatic carbocycles. The van der Waals surface area contributed by atoms with Gasteiger partial charge in [0.15, 0.2) is 0 Å². The third-order valence-electron chi connectivity index (χ3n) is 0.510. The fourth-order valence-electron chi connectivity index (χ4n) is 0.215. The maximum atomic E-state index is 11.1. The summed E-state index contributed by atoms with van der Waals surface area (Å²) < 4.78 is 22.2. The number of hydrogen-bond donors (Lipinski definition) is 2. The van der Waals surface area contributed by atoms with Gasteiger partial charge in [-0.25, -0.2) is 4.79 Å². The van der Waals surface area contributed by atoms with E-state index in [1.165, 1.54) is 0 Å². The lowest BCUT2D eigenvalue weighted by Gasteiger charge is -1.90. The van der Waals surface area contributed by atoms with Crippen molar-refractivity contribution in [1.29, 1.82) is 0 Å². The van der Waals surface area contributed by atoms with Gasteiger partial charge in [0.2, 0.25) is 0 Å². The molecule has 0 rings (SSSR count). The van der Waals surface area contributed by atoms with Gasteiger partial charge in [-0.1, -0.05) is 0 Å². The zero-order valence-corrected chi connectivity index (χ0v) is 4.40. The topological polar surface area (TPSA) is 49.3 Å². The van der Waals surface area contributed by atoms with Gasteiger partial charge in [0.05, 0.1) is 0 Å².